The lowest BCUT2D eigenvalue weighted by Crippen LogP contribution is -2.40. The van der Waals surface area contributed by atoms with E-state index in [2.05, 4.69) is 20.7 Å². The summed E-state index contributed by atoms with van der Waals surface area (Å²) in [7, 11) is 1.32. The summed E-state index contributed by atoms with van der Waals surface area (Å²) < 4.78 is 4.64. The highest BCUT2D eigenvalue weighted by Crippen LogP contribution is 2.13. The maximum Gasteiger partial charge on any atom is 0.337 e. The Morgan fingerprint density at radius 2 is 1.61 bits per heavy atom. The molecule has 0 bridgehead atoms. The van der Waals surface area contributed by atoms with Crippen molar-refractivity contribution in [3.05, 3.63) is 59.7 Å². The van der Waals surface area contributed by atoms with Crippen molar-refractivity contribution < 1.29 is 19.1 Å². The second-order valence-electron chi connectivity index (χ2n) is 7.26. The highest BCUT2D eigenvalue weighted by molar-refractivity contribution is 5.98. The summed E-state index contributed by atoms with van der Waals surface area (Å²) in [5.41, 5.74) is 1.79. The Kier molecular flexibility index (Phi) is 6.76. The quantitative estimate of drug-likeness (QED) is 0.666. The monoisotopic (exact) mass is 383 g/mol. The number of nitrogens with one attached hydrogen (secondary N) is 3. The van der Waals surface area contributed by atoms with Crippen molar-refractivity contribution in [3.8, 4) is 0 Å². The molecule has 0 aliphatic rings. The molecule has 2 aromatic carbocycles. The molecule has 0 fully saturated rings. The van der Waals surface area contributed by atoms with Crippen LogP contribution in [0.3, 0.4) is 0 Å². The highest BCUT2D eigenvalue weighted by Gasteiger charge is 2.15. The second-order valence-corrected chi connectivity index (χ2v) is 7.26. The van der Waals surface area contributed by atoms with Gasteiger partial charge in [-0.2, -0.15) is 0 Å². The third-order valence-corrected chi connectivity index (χ3v) is 3.66. The molecule has 2 aromatic rings. The fourth-order valence-corrected chi connectivity index (χ4v) is 2.38. The largest absolute Gasteiger partial charge is 0.465 e. The molecule has 7 nitrogen and oxygen atoms in total. The summed E-state index contributed by atoms with van der Waals surface area (Å²) in [5, 5.41) is 8.61. The molecule has 0 unspecified atom stereocenters. The van der Waals surface area contributed by atoms with Crippen molar-refractivity contribution in [3.63, 3.8) is 0 Å². The van der Waals surface area contributed by atoms with Crippen molar-refractivity contribution in [2.75, 3.05) is 24.3 Å². The molecule has 0 heterocycles. The van der Waals surface area contributed by atoms with E-state index in [0.29, 0.717) is 22.5 Å². The van der Waals surface area contributed by atoms with Gasteiger partial charge in [-0.3, -0.25) is 9.59 Å². The van der Waals surface area contributed by atoms with Crippen molar-refractivity contribution in [1.82, 2.24) is 5.32 Å². The van der Waals surface area contributed by atoms with Crippen LogP contribution in [0.25, 0.3) is 0 Å². The van der Waals surface area contributed by atoms with Crippen LogP contribution >= 0.6 is 0 Å². The first-order valence-electron chi connectivity index (χ1n) is 8.82. The van der Waals surface area contributed by atoms with E-state index in [-0.39, 0.29) is 23.9 Å². The molecule has 0 saturated carbocycles. The molecule has 148 valence electrons. The molecule has 3 N–H and O–H groups in total. The molecule has 0 aliphatic heterocycles. The number of benzene rings is 2. The first-order chi connectivity index (χ1) is 13.2. The van der Waals surface area contributed by atoms with E-state index in [1.54, 1.807) is 48.5 Å². The van der Waals surface area contributed by atoms with E-state index >= 15 is 0 Å². The number of ether oxygens (including phenoxy) is 1. The Labute approximate surface area is 164 Å². The molecule has 28 heavy (non-hydrogen) atoms. The molecule has 0 radical (unpaired) electrons. The molecule has 0 saturated heterocycles. The Bertz CT molecular complexity index is 855. The minimum absolute atomic E-state index is 0.0377. The normalized spacial score (nSPS) is 10.7. The average molecular weight is 383 g/mol. The van der Waals surface area contributed by atoms with Gasteiger partial charge in [0.15, 0.2) is 0 Å². The average Bonchev–Trinajstić information content (AvgIpc) is 2.65. The van der Waals surface area contributed by atoms with Gasteiger partial charge in [0.25, 0.3) is 5.91 Å². The highest BCUT2D eigenvalue weighted by atomic mass is 16.5. The van der Waals surface area contributed by atoms with Crippen molar-refractivity contribution in [1.29, 1.82) is 0 Å². The number of methoxy groups -OCH3 is 1. The van der Waals surface area contributed by atoms with Crippen LogP contribution in [0.4, 0.5) is 11.4 Å². The van der Waals surface area contributed by atoms with Gasteiger partial charge in [0.1, 0.15) is 0 Å². The number of carbonyl (C=O) groups excluding carboxylic acids is 3. The number of hydrogen-bond acceptors (Lipinski definition) is 5. The zero-order chi connectivity index (χ0) is 20.7. The topological polar surface area (TPSA) is 96.5 Å². The van der Waals surface area contributed by atoms with Gasteiger partial charge in [-0.25, -0.2) is 4.79 Å². The molecular formula is C21H25N3O4. The standard InChI is InChI=1S/C21H25N3O4/c1-21(2,3)24-19(26)15-6-5-7-17(12-15)23-18(25)13-22-16-10-8-14(9-11-16)20(27)28-4/h5-12,22H,13H2,1-4H3,(H,23,25)(H,24,26). The number of carbonyl (C=O) groups is 3. The van der Waals surface area contributed by atoms with Crippen molar-refractivity contribution in [2.24, 2.45) is 0 Å². The zero-order valence-electron chi connectivity index (χ0n) is 16.5. The third kappa shape index (κ3) is 6.42. The van der Waals surface area contributed by atoms with Crippen molar-refractivity contribution in [2.45, 2.75) is 26.3 Å². The van der Waals surface area contributed by atoms with Gasteiger partial charge in [0.2, 0.25) is 5.91 Å². The molecule has 0 atom stereocenters. The summed E-state index contributed by atoms with van der Waals surface area (Å²) >= 11 is 0. The van der Waals surface area contributed by atoms with Crippen molar-refractivity contribution >= 4 is 29.2 Å². The Morgan fingerprint density at radius 3 is 2.21 bits per heavy atom. The molecule has 2 amide bonds. The van der Waals surface area contributed by atoms with Crippen LogP contribution < -0.4 is 16.0 Å². The minimum Gasteiger partial charge on any atom is -0.465 e. The maximum atomic E-state index is 12.2. The third-order valence-electron chi connectivity index (χ3n) is 3.66. The summed E-state index contributed by atoms with van der Waals surface area (Å²) in [6, 6.07) is 13.4. The van der Waals surface area contributed by atoms with Crippen LogP contribution in [0, 0.1) is 0 Å². The van der Waals surface area contributed by atoms with Crippen LogP contribution in [-0.4, -0.2) is 37.0 Å². The summed E-state index contributed by atoms with van der Waals surface area (Å²) in [6.45, 7) is 5.75. The van der Waals surface area contributed by atoms with E-state index in [4.69, 9.17) is 0 Å². The van der Waals surface area contributed by atoms with E-state index in [1.807, 2.05) is 20.8 Å². The van der Waals surface area contributed by atoms with E-state index in [1.165, 1.54) is 7.11 Å². The molecule has 0 aliphatic carbocycles. The SMILES string of the molecule is COC(=O)c1ccc(NCC(=O)Nc2cccc(C(=O)NC(C)(C)C)c2)cc1. The van der Waals surface area contributed by atoms with Gasteiger partial charge in [0.05, 0.1) is 19.2 Å². The Hall–Kier alpha value is -3.35. The van der Waals surface area contributed by atoms with Crippen LogP contribution in [0.5, 0.6) is 0 Å². The first kappa shape index (κ1) is 21.0. The van der Waals surface area contributed by atoms with E-state index in [0.717, 1.165) is 0 Å². The summed E-state index contributed by atoms with van der Waals surface area (Å²) in [5.74, 6) is -0.877. The van der Waals surface area contributed by atoms with Crippen LogP contribution in [0.1, 0.15) is 41.5 Å². The van der Waals surface area contributed by atoms with Crippen LogP contribution in [0.2, 0.25) is 0 Å². The number of rotatable bonds is 6. The van der Waals surface area contributed by atoms with E-state index < -0.39 is 5.97 Å². The summed E-state index contributed by atoms with van der Waals surface area (Å²) in [4.78, 5) is 35.8. The molecule has 2 rings (SSSR count). The predicted octanol–water partition coefficient (Wildman–Crippen LogP) is 3.05. The Morgan fingerprint density at radius 1 is 0.929 bits per heavy atom. The lowest BCUT2D eigenvalue weighted by atomic mass is 10.1. The van der Waals surface area contributed by atoms with E-state index in [9.17, 15) is 14.4 Å². The van der Waals surface area contributed by atoms with Gasteiger partial charge in [0, 0.05) is 22.5 Å². The lowest BCUT2D eigenvalue weighted by Gasteiger charge is -2.20. The second kappa shape index (κ2) is 9.03. The van der Waals surface area contributed by atoms with Gasteiger partial charge >= 0.3 is 5.97 Å². The first-order valence-corrected chi connectivity index (χ1v) is 8.82. The summed E-state index contributed by atoms with van der Waals surface area (Å²) in [6.07, 6.45) is 0. The smallest absolute Gasteiger partial charge is 0.337 e. The minimum atomic E-state index is -0.417. The number of hydrogen-bond donors (Lipinski definition) is 3. The predicted molar refractivity (Wildman–Crippen MR) is 109 cm³/mol. The molecule has 0 aromatic heterocycles. The lowest BCUT2D eigenvalue weighted by molar-refractivity contribution is -0.114. The van der Waals surface area contributed by atoms with Crippen LogP contribution in [0.15, 0.2) is 48.5 Å². The van der Waals surface area contributed by atoms with Gasteiger partial charge in [-0.1, -0.05) is 6.07 Å². The fourth-order valence-electron chi connectivity index (χ4n) is 2.38. The Balaban J connectivity index is 1.92. The number of esters is 1. The number of amides is 2. The molecular weight excluding hydrogens is 358 g/mol. The van der Waals surface area contributed by atoms with Gasteiger partial charge in [-0.05, 0) is 63.2 Å². The van der Waals surface area contributed by atoms with Gasteiger partial charge in [-0.15, -0.1) is 0 Å². The maximum absolute atomic E-state index is 12.2. The zero-order valence-corrected chi connectivity index (χ0v) is 16.5. The van der Waals surface area contributed by atoms with Crippen LogP contribution in [-0.2, 0) is 9.53 Å². The fraction of sp³-hybridized carbons (Fsp3) is 0.286. The molecule has 7 heteroatoms. The van der Waals surface area contributed by atoms with Gasteiger partial charge < -0.3 is 20.7 Å². The molecule has 0 spiro atoms. The number of anilines is 2.